The van der Waals surface area contributed by atoms with Gasteiger partial charge in [0.15, 0.2) is 0 Å². The minimum absolute atomic E-state index is 0.0210. The van der Waals surface area contributed by atoms with Crippen LogP contribution in [0.1, 0.15) is 63.5 Å². The highest BCUT2D eigenvalue weighted by atomic mass is 16.5. The molecule has 0 aliphatic heterocycles. The van der Waals surface area contributed by atoms with E-state index >= 15 is 0 Å². The zero-order valence-electron chi connectivity index (χ0n) is 13.2. The molecule has 0 amide bonds. The van der Waals surface area contributed by atoms with Crippen LogP contribution in [0, 0.1) is 0 Å². The van der Waals surface area contributed by atoms with Crippen molar-refractivity contribution >= 4 is 0 Å². The van der Waals surface area contributed by atoms with Crippen molar-refractivity contribution < 1.29 is 9.47 Å². The van der Waals surface area contributed by atoms with E-state index in [1.54, 1.807) is 14.2 Å². The minimum Gasteiger partial charge on any atom is -0.496 e. The van der Waals surface area contributed by atoms with Gasteiger partial charge in [-0.25, -0.2) is 0 Å². The maximum absolute atomic E-state index is 6.33. The quantitative estimate of drug-likeness (QED) is 0.643. The summed E-state index contributed by atoms with van der Waals surface area (Å²) in [6.45, 7) is 2.24. The third kappa shape index (κ3) is 5.04. The summed E-state index contributed by atoms with van der Waals surface area (Å²) in [7, 11) is 3.35. The van der Waals surface area contributed by atoms with Crippen LogP contribution in [0.5, 0.6) is 11.5 Å². The second kappa shape index (κ2) is 9.65. The number of nitrogens with two attached hydrogens (primary N) is 1. The van der Waals surface area contributed by atoms with Crippen LogP contribution in [-0.2, 0) is 0 Å². The summed E-state index contributed by atoms with van der Waals surface area (Å²) in [6, 6.07) is 5.79. The highest BCUT2D eigenvalue weighted by Gasteiger charge is 2.16. The van der Waals surface area contributed by atoms with E-state index in [1.165, 1.54) is 32.1 Å². The molecule has 3 nitrogen and oxygen atoms in total. The monoisotopic (exact) mass is 279 g/mol. The molecule has 1 unspecified atom stereocenters. The molecule has 20 heavy (non-hydrogen) atoms. The van der Waals surface area contributed by atoms with Gasteiger partial charge in [0.1, 0.15) is 11.5 Å². The molecule has 1 rings (SSSR count). The number of ether oxygens (including phenoxy) is 2. The Hall–Kier alpha value is -1.22. The van der Waals surface area contributed by atoms with E-state index in [1.807, 2.05) is 18.2 Å². The number of methoxy groups -OCH3 is 2. The molecule has 1 atom stereocenters. The second-order valence-electron chi connectivity index (χ2n) is 5.24. The van der Waals surface area contributed by atoms with Gasteiger partial charge in [0.2, 0.25) is 0 Å². The Morgan fingerprint density at radius 2 is 1.50 bits per heavy atom. The first-order valence-corrected chi connectivity index (χ1v) is 7.71. The van der Waals surface area contributed by atoms with Crippen LogP contribution >= 0.6 is 0 Å². The summed E-state index contributed by atoms with van der Waals surface area (Å²) in [5.41, 5.74) is 7.32. The van der Waals surface area contributed by atoms with Crippen molar-refractivity contribution in [3.05, 3.63) is 23.8 Å². The van der Waals surface area contributed by atoms with Crippen LogP contribution in [0.2, 0.25) is 0 Å². The molecule has 0 aliphatic rings. The first kappa shape index (κ1) is 16.8. The average molecular weight is 279 g/mol. The Morgan fingerprint density at radius 1 is 0.950 bits per heavy atom. The molecule has 0 spiro atoms. The molecule has 0 bridgehead atoms. The molecule has 1 aromatic carbocycles. The van der Waals surface area contributed by atoms with E-state index in [0.29, 0.717) is 0 Å². The number of rotatable bonds is 10. The van der Waals surface area contributed by atoms with Crippen LogP contribution in [0.3, 0.4) is 0 Å². The van der Waals surface area contributed by atoms with Crippen molar-refractivity contribution in [2.45, 2.75) is 57.9 Å². The van der Waals surface area contributed by atoms with Crippen LogP contribution in [0.15, 0.2) is 18.2 Å². The smallest absolute Gasteiger partial charge is 0.127 e. The maximum atomic E-state index is 6.33. The molecule has 3 heteroatoms. The Labute approximate surface area is 123 Å². The Morgan fingerprint density at radius 3 is 2.05 bits per heavy atom. The molecule has 114 valence electrons. The molecule has 0 saturated heterocycles. The fraction of sp³-hybridized carbons (Fsp3) is 0.647. The van der Waals surface area contributed by atoms with Crippen molar-refractivity contribution in [3.8, 4) is 11.5 Å². The zero-order chi connectivity index (χ0) is 14.8. The topological polar surface area (TPSA) is 44.5 Å². The zero-order valence-corrected chi connectivity index (χ0v) is 13.2. The first-order valence-electron chi connectivity index (χ1n) is 7.71. The molecule has 0 saturated carbocycles. The highest BCUT2D eigenvalue weighted by Crippen LogP contribution is 2.35. The molecular formula is C17H29NO2. The number of hydrogen-bond donors (Lipinski definition) is 1. The molecule has 0 aromatic heterocycles. The van der Waals surface area contributed by atoms with E-state index < -0.39 is 0 Å². The van der Waals surface area contributed by atoms with E-state index in [2.05, 4.69) is 6.92 Å². The lowest BCUT2D eigenvalue weighted by Crippen LogP contribution is -2.13. The second-order valence-corrected chi connectivity index (χ2v) is 5.24. The summed E-state index contributed by atoms with van der Waals surface area (Å²) < 4.78 is 10.8. The van der Waals surface area contributed by atoms with Gasteiger partial charge in [-0.05, 0) is 18.6 Å². The third-order valence-corrected chi connectivity index (χ3v) is 3.71. The Balaban J connectivity index is 2.52. The lowest BCUT2D eigenvalue weighted by Gasteiger charge is -2.18. The van der Waals surface area contributed by atoms with Gasteiger partial charge in [0.25, 0.3) is 0 Å². The summed E-state index contributed by atoms with van der Waals surface area (Å²) in [4.78, 5) is 0. The van der Waals surface area contributed by atoms with Gasteiger partial charge in [-0.15, -0.1) is 0 Å². The molecule has 0 fully saturated rings. The van der Waals surface area contributed by atoms with Gasteiger partial charge in [0.05, 0.1) is 19.8 Å². The van der Waals surface area contributed by atoms with Crippen LogP contribution in [-0.4, -0.2) is 14.2 Å². The third-order valence-electron chi connectivity index (χ3n) is 3.71. The summed E-state index contributed by atoms with van der Waals surface area (Å²) in [6.07, 6.45) is 8.66. The van der Waals surface area contributed by atoms with Crippen LogP contribution in [0.4, 0.5) is 0 Å². The Bertz CT molecular complexity index is 357. The largest absolute Gasteiger partial charge is 0.496 e. The number of benzene rings is 1. The van der Waals surface area contributed by atoms with Crippen molar-refractivity contribution in [2.75, 3.05) is 14.2 Å². The van der Waals surface area contributed by atoms with Crippen molar-refractivity contribution in [1.29, 1.82) is 0 Å². The van der Waals surface area contributed by atoms with E-state index in [-0.39, 0.29) is 6.04 Å². The van der Waals surface area contributed by atoms with E-state index in [4.69, 9.17) is 15.2 Å². The average Bonchev–Trinajstić information content (AvgIpc) is 2.49. The molecule has 2 N–H and O–H groups in total. The van der Waals surface area contributed by atoms with Crippen LogP contribution in [0.25, 0.3) is 0 Å². The fourth-order valence-corrected chi connectivity index (χ4v) is 2.53. The maximum Gasteiger partial charge on any atom is 0.127 e. The van der Waals surface area contributed by atoms with Gasteiger partial charge in [-0.1, -0.05) is 51.5 Å². The summed E-state index contributed by atoms with van der Waals surface area (Å²) in [5.74, 6) is 1.64. The van der Waals surface area contributed by atoms with Crippen molar-refractivity contribution in [3.63, 3.8) is 0 Å². The molecule has 1 aromatic rings. The Kier molecular flexibility index (Phi) is 8.12. The fourth-order valence-electron chi connectivity index (χ4n) is 2.53. The minimum atomic E-state index is -0.0210. The standard InChI is InChI=1S/C17H29NO2/c1-4-5-6-7-8-9-11-14(18)17-15(19-2)12-10-13-16(17)20-3/h10,12-14H,4-9,11,18H2,1-3H3. The van der Waals surface area contributed by atoms with Crippen LogP contribution < -0.4 is 15.2 Å². The summed E-state index contributed by atoms with van der Waals surface area (Å²) >= 11 is 0. The lowest BCUT2D eigenvalue weighted by molar-refractivity contribution is 0.375. The first-order chi connectivity index (χ1) is 9.74. The van der Waals surface area contributed by atoms with Gasteiger partial charge in [0, 0.05) is 6.04 Å². The van der Waals surface area contributed by atoms with Gasteiger partial charge in [-0.3, -0.25) is 0 Å². The molecule has 0 aliphatic carbocycles. The molecule has 0 radical (unpaired) electrons. The van der Waals surface area contributed by atoms with Gasteiger partial charge >= 0.3 is 0 Å². The van der Waals surface area contributed by atoms with Crippen molar-refractivity contribution in [2.24, 2.45) is 5.73 Å². The van der Waals surface area contributed by atoms with Crippen molar-refractivity contribution in [1.82, 2.24) is 0 Å². The molecule has 0 heterocycles. The highest BCUT2D eigenvalue weighted by molar-refractivity contribution is 5.46. The van der Waals surface area contributed by atoms with E-state index in [9.17, 15) is 0 Å². The summed E-state index contributed by atoms with van der Waals surface area (Å²) in [5, 5.41) is 0. The predicted molar refractivity (Wildman–Crippen MR) is 84.5 cm³/mol. The number of hydrogen-bond acceptors (Lipinski definition) is 3. The number of unbranched alkanes of at least 4 members (excludes halogenated alkanes) is 5. The van der Waals surface area contributed by atoms with Gasteiger partial charge in [-0.2, -0.15) is 0 Å². The predicted octanol–water partition coefficient (Wildman–Crippen LogP) is 4.45. The lowest BCUT2D eigenvalue weighted by atomic mass is 9.98. The van der Waals surface area contributed by atoms with Gasteiger partial charge < -0.3 is 15.2 Å². The SMILES string of the molecule is CCCCCCCCC(N)c1c(OC)cccc1OC. The molecular weight excluding hydrogens is 250 g/mol. The normalized spacial score (nSPS) is 12.2. The van der Waals surface area contributed by atoms with E-state index in [0.717, 1.165) is 29.9 Å².